The van der Waals surface area contributed by atoms with Crippen molar-refractivity contribution in [3.63, 3.8) is 0 Å². The first kappa shape index (κ1) is 22.9. The number of anilines is 1. The summed E-state index contributed by atoms with van der Waals surface area (Å²) < 4.78 is 53.1. The van der Waals surface area contributed by atoms with E-state index in [9.17, 15) is 21.6 Å². The average molecular weight is 481 g/mol. The zero-order valence-electron chi connectivity index (χ0n) is 18.5. The van der Waals surface area contributed by atoms with Crippen LogP contribution in [0, 0.1) is 13.8 Å². The number of carbonyl (C=O) groups is 1. The molecule has 1 unspecified atom stereocenters. The van der Waals surface area contributed by atoms with Crippen LogP contribution in [0.5, 0.6) is 0 Å². The van der Waals surface area contributed by atoms with E-state index in [1.807, 2.05) is 18.5 Å². The number of benzene rings is 1. The predicted molar refractivity (Wildman–Crippen MR) is 121 cm³/mol. The Morgan fingerprint density at radius 2 is 1.69 bits per heavy atom. The Bertz CT molecular complexity index is 1240. The van der Waals surface area contributed by atoms with Crippen molar-refractivity contribution in [2.75, 3.05) is 42.6 Å². The Morgan fingerprint density at radius 3 is 2.22 bits per heavy atom. The molecule has 2 aliphatic heterocycles. The van der Waals surface area contributed by atoms with Crippen molar-refractivity contribution in [3.8, 4) is 0 Å². The second-order valence-corrected chi connectivity index (χ2v) is 12.7. The third kappa shape index (κ3) is 4.20. The molecule has 2 saturated heterocycles. The minimum absolute atomic E-state index is 0.107. The fourth-order valence-corrected chi connectivity index (χ4v) is 7.71. The maximum Gasteiger partial charge on any atom is 0.243 e. The molecule has 0 spiro atoms. The molecule has 1 aromatic heterocycles. The van der Waals surface area contributed by atoms with Crippen LogP contribution in [0.25, 0.3) is 0 Å². The van der Waals surface area contributed by atoms with Crippen LogP contribution in [0.1, 0.15) is 41.1 Å². The summed E-state index contributed by atoms with van der Waals surface area (Å²) in [5.41, 5.74) is 3.17. The highest BCUT2D eigenvalue weighted by atomic mass is 32.2. The van der Waals surface area contributed by atoms with E-state index in [-0.39, 0.29) is 28.2 Å². The van der Waals surface area contributed by atoms with Gasteiger partial charge in [0.15, 0.2) is 15.6 Å². The van der Waals surface area contributed by atoms with Gasteiger partial charge in [-0.05, 0) is 39.3 Å². The van der Waals surface area contributed by atoms with Gasteiger partial charge in [0, 0.05) is 31.7 Å². The molecular formula is C21H28N4O5S2. The molecule has 11 heteroatoms. The summed E-state index contributed by atoms with van der Waals surface area (Å²) >= 11 is 0. The molecule has 2 aliphatic rings. The van der Waals surface area contributed by atoms with Gasteiger partial charge in [-0.25, -0.2) is 16.8 Å². The van der Waals surface area contributed by atoms with Gasteiger partial charge in [0.2, 0.25) is 10.0 Å². The van der Waals surface area contributed by atoms with E-state index >= 15 is 0 Å². The lowest BCUT2D eigenvalue weighted by Crippen LogP contribution is -2.49. The van der Waals surface area contributed by atoms with Gasteiger partial charge >= 0.3 is 0 Å². The highest BCUT2D eigenvalue weighted by molar-refractivity contribution is 7.91. The first-order valence-corrected chi connectivity index (χ1v) is 13.9. The number of nitrogens with zero attached hydrogens (tertiary/aromatic N) is 4. The van der Waals surface area contributed by atoms with E-state index in [4.69, 9.17) is 0 Å². The lowest BCUT2D eigenvalue weighted by atomic mass is 10.2. The normalized spacial score (nSPS) is 21.7. The van der Waals surface area contributed by atoms with Crippen LogP contribution >= 0.6 is 0 Å². The molecular weight excluding hydrogens is 452 g/mol. The van der Waals surface area contributed by atoms with Gasteiger partial charge in [-0.15, -0.1) is 0 Å². The second-order valence-electron chi connectivity index (χ2n) is 8.49. The largest absolute Gasteiger partial charge is 0.366 e. The number of hydrogen-bond donors (Lipinski definition) is 0. The van der Waals surface area contributed by atoms with Crippen LogP contribution in [-0.4, -0.2) is 74.4 Å². The summed E-state index contributed by atoms with van der Waals surface area (Å²) in [6.07, 6.45) is 0.568. The minimum Gasteiger partial charge on any atom is -0.366 e. The van der Waals surface area contributed by atoms with Crippen LogP contribution in [0.15, 0.2) is 29.2 Å². The van der Waals surface area contributed by atoms with Crippen molar-refractivity contribution in [2.24, 2.45) is 0 Å². The van der Waals surface area contributed by atoms with E-state index in [0.717, 1.165) is 17.1 Å². The molecule has 0 radical (unpaired) electrons. The van der Waals surface area contributed by atoms with Gasteiger partial charge in [0.25, 0.3) is 0 Å². The molecule has 3 heterocycles. The molecule has 1 aromatic carbocycles. The summed E-state index contributed by atoms with van der Waals surface area (Å²) in [7, 11) is -6.66. The van der Waals surface area contributed by atoms with Gasteiger partial charge < -0.3 is 4.90 Å². The molecule has 2 fully saturated rings. The molecule has 2 aromatic rings. The highest BCUT2D eigenvalue weighted by Crippen LogP contribution is 2.32. The first-order valence-electron chi connectivity index (χ1n) is 10.6. The molecule has 0 saturated carbocycles. The molecule has 4 rings (SSSR count). The van der Waals surface area contributed by atoms with Crippen LogP contribution in [-0.2, 0) is 19.9 Å². The first-order chi connectivity index (χ1) is 15.0. The Labute approximate surface area is 189 Å². The second kappa shape index (κ2) is 8.27. The zero-order valence-corrected chi connectivity index (χ0v) is 20.1. The summed E-state index contributed by atoms with van der Waals surface area (Å²) in [6.45, 7) is 6.99. The van der Waals surface area contributed by atoms with E-state index in [1.54, 1.807) is 0 Å². The van der Waals surface area contributed by atoms with Crippen LogP contribution in [0.4, 0.5) is 5.69 Å². The van der Waals surface area contributed by atoms with Crippen molar-refractivity contribution in [2.45, 2.75) is 38.1 Å². The number of Topliss-reactive ketones (excluding diaryl/α,β-unsaturated/α-hetero) is 1. The Kier molecular flexibility index (Phi) is 5.93. The molecule has 1 atom stereocenters. The van der Waals surface area contributed by atoms with Crippen molar-refractivity contribution in [3.05, 3.63) is 41.2 Å². The van der Waals surface area contributed by atoms with Crippen molar-refractivity contribution >= 4 is 31.3 Å². The molecule has 32 heavy (non-hydrogen) atoms. The van der Waals surface area contributed by atoms with Gasteiger partial charge in [-0.2, -0.15) is 9.40 Å². The number of sulfone groups is 1. The number of piperazine rings is 1. The topological polar surface area (TPSA) is 110 Å². The van der Waals surface area contributed by atoms with E-state index in [2.05, 4.69) is 10.00 Å². The van der Waals surface area contributed by atoms with Gasteiger partial charge in [0.1, 0.15) is 0 Å². The summed E-state index contributed by atoms with van der Waals surface area (Å²) in [4.78, 5) is 13.8. The maximum atomic E-state index is 13.0. The summed E-state index contributed by atoms with van der Waals surface area (Å²) in [5.74, 6) is 0.196. The smallest absolute Gasteiger partial charge is 0.243 e. The van der Waals surface area contributed by atoms with Crippen molar-refractivity contribution in [1.29, 1.82) is 0 Å². The molecule has 0 N–H and O–H groups in total. The molecule has 0 aliphatic carbocycles. The Hall–Kier alpha value is -2.24. The number of aromatic nitrogens is 2. The van der Waals surface area contributed by atoms with Crippen LogP contribution in [0.3, 0.4) is 0 Å². The quantitative estimate of drug-likeness (QED) is 0.598. The lowest BCUT2D eigenvalue weighted by Gasteiger charge is -2.35. The van der Waals surface area contributed by atoms with E-state index < -0.39 is 19.9 Å². The van der Waals surface area contributed by atoms with Gasteiger partial charge in [-0.1, -0.05) is 12.1 Å². The number of aryl methyl sites for hydroxylation is 1. The molecule has 0 bridgehead atoms. The van der Waals surface area contributed by atoms with Gasteiger partial charge in [-0.3, -0.25) is 9.48 Å². The third-order valence-electron chi connectivity index (χ3n) is 6.29. The summed E-state index contributed by atoms with van der Waals surface area (Å²) in [6, 6.07) is 5.89. The number of ketones is 1. The maximum absolute atomic E-state index is 13.0. The molecule has 9 nitrogen and oxygen atoms in total. The van der Waals surface area contributed by atoms with E-state index in [0.29, 0.717) is 38.2 Å². The van der Waals surface area contributed by atoms with Crippen molar-refractivity contribution in [1.82, 2.24) is 14.1 Å². The highest BCUT2D eigenvalue weighted by Gasteiger charge is 2.34. The monoisotopic (exact) mass is 480 g/mol. The number of sulfonamides is 1. The zero-order chi connectivity index (χ0) is 23.3. The number of rotatable bonds is 5. The van der Waals surface area contributed by atoms with Gasteiger partial charge in [0.05, 0.1) is 39.5 Å². The van der Waals surface area contributed by atoms with Crippen LogP contribution in [0.2, 0.25) is 0 Å². The molecule has 0 amide bonds. The lowest BCUT2D eigenvalue weighted by molar-refractivity contribution is 0.101. The minimum atomic E-state index is -3.64. The SMILES string of the molecule is CC(=O)c1ccc(S(=O)(=O)N2CCN(c3c(C)nn(C4CCS(=O)(=O)C4)c3C)CC2)cc1. The Balaban J connectivity index is 1.49. The Morgan fingerprint density at radius 1 is 1.06 bits per heavy atom. The average Bonchev–Trinajstić information content (AvgIpc) is 3.26. The summed E-state index contributed by atoms with van der Waals surface area (Å²) in [5, 5.41) is 4.62. The standard InChI is InChI=1S/C21H28N4O5S2/c1-15-21(16(2)25(22-15)19-8-13-31(27,28)14-19)23-9-11-24(12-10-23)32(29,30)20-6-4-18(5-7-20)17(3)26/h4-7,19H,8-14H2,1-3H3. The number of hydrogen-bond acceptors (Lipinski definition) is 7. The van der Waals surface area contributed by atoms with Crippen molar-refractivity contribution < 1.29 is 21.6 Å². The third-order valence-corrected chi connectivity index (χ3v) is 9.96. The number of carbonyl (C=O) groups excluding carboxylic acids is 1. The predicted octanol–water partition coefficient (Wildman–Crippen LogP) is 1.57. The van der Waals surface area contributed by atoms with E-state index in [1.165, 1.54) is 35.5 Å². The fourth-order valence-electron chi connectivity index (χ4n) is 4.60. The molecule has 174 valence electrons. The van der Waals surface area contributed by atoms with Crippen LogP contribution < -0.4 is 4.90 Å². The fraction of sp³-hybridized carbons (Fsp3) is 0.524.